The summed E-state index contributed by atoms with van der Waals surface area (Å²) >= 11 is 3.03. The lowest BCUT2D eigenvalue weighted by Gasteiger charge is -2.03. The van der Waals surface area contributed by atoms with Crippen molar-refractivity contribution in [1.29, 1.82) is 0 Å². The normalized spacial score (nSPS) is 12.8. The molecule has 0 saturated carbocycles. The molecule has 0 aliphatic carbocycles. The van der Waals surface area contributed by atoms with E-state index in [1.54, 1.807) is 11.3 Å². The first-order valence-corrected chi connectivity index (χ1v) is 7.11. The number of thiophene rings is 1. The van der Waals surface area contributed by atoms with E-state index in [4.69, 9.17) is 14.7 Å². The topological polar surface area (TPSA) is 79.4 Å². The average molecular weight is 272 g/mol. The third kappa shape index (κ3) is 3.53. The molecule has 2 rings (SSSR count). The molecule has 2 N–H and O–H groups in total. The van der Waals surface area contributed by atoms with E-state index >= 15 is 0 Å². The molecule has 0 bridgehead atoms. The molecular formula is C10H12N2O3S2. The van der Waals surface area contributed by atoms with E-state index in [0.717, 1.165) is 5.56 Å². The number of nitrogens with zero attached hydrogens (tertiary/aromatic N) is 2. The summed E-state index contributed by atoms with van der Waals surface area (Å²) in [5.74, 6) is 2.13. The second kappa shape index (κ2) is 6.15. The zero-order valence-corrected chi connectivity index (χ0v) is 10.6. The van der Waals surface area contributed by atoms with E-state index in [1.807, 2.05) is 16.8 Å². The van der Waals surface area contributed by atoms with Crippen LogP contribution in [0.1, 0.15) is 5.82 Å². The van der Waals surface area contributed by atoms with Crippen molar-refractivity contribution in [2.24, 2.45) is 0 Å². The molecule has 17 heavy (non-hydrogen) atoms. The molecule has 2 heterocycles. The molecule has 0 aliphatic heterocycles. The Kier molecular flexibility index (Phi) is 4.55. The summed E-state index contributed by atoms with van der Waals surface area (Å²) < 4.78 is 5.11. The number of aromatic nitrogens is 2. The molecule has 7 heteroatoms. The van der Waals surface area contributed by atoms with Crippen molar-refractivity contribution in [2.75, 3.05) is 12.4 Å². The second-order valence-corrected chi connectivity index (χ2v) is 5.19. The largest absolute Gasteiger partial charge is 0.394 e. The molecule has 0 fully saturated rings. The van der Waals surface area contributed by atoms with Crippen molar-refractivity contribution < 1.29 is 14.7 Å². The van der Waals surface area contributed by atoms with E-state index in [2.05, 4.69) is 10.1 Å². The predicted octanol–water partition coefficient (Wildman–Crippen LogP) is 1.38. The van der Waals surface area contributed by atoms with Crippen LogP contribution in [0.25, 0.3) is 11.5 Å². The molecule has 0 saturated heterocycles. The molecule has 2 aromatic rings. The number of hydrogen-bond donors (Lipinski definition) is 2. The highest BCUT2D eigenvalue weighted by Gasteiger charge is 2.09. The van der Waals surface area contributed by atoms with E-state index < -0.39 is 6.10 Å². The van der Waals surface area contributed by atoms with E-state index in [-0.39, 0.29) is 6.61 Å². The molecule has 0 radical (unpaired) electrons. The first-order chi connectivity index (χ1) is 8.29. The fourth-order valence-corrected chi connectivity index (χ4v) is 2.58. The highest BCUT2D eigenvalue weighted by atomic mass is 32.2. The third-order valence-corrected chi connectivity index (χ3v) is 3.75. The molecule has 0 aliphatic rings. The van der Waals surface area contributed by atoms with Crippen LogP contribution < -0.4 is 0 Å². The zero-order valence-electron chi connectivity index (χ0n) is 8.94. The van der Waals surface area contributed by atoms with Crippen molar-refractivity contribution in [1.82, 2.24) is 10.1 Å². The quantitative estimate of drug-likeness (QED) is 0.827. The number of thioether (sulfide) groups is 1. The van der Waals surface area contributed by atoms with E-state index in [0.29, 0.717) is 23.2 Å². The Morgan fingerprint density at radius 3 is 3.12 bits per heavy atom. The van der Waals surface area contributed by atoms with Gasteiger partial charge in [-0.1, -0.05) is 5.16 Å². The summed E-state index contributed by atoms with van der Waals surface area (Å²) in [6, 6.07) is 1.92. The zero-order chi connectivity index (χ0) is 12.1. The van der Waals surface area contributed by atoms with Gasteiger partial charge in [0, 0.05) is 11.1 Å². The highest BCUT2D eigenvalue weighted by molar-refractivity contribution is 7.98. The van der Waals surface area contributed by atoms with Gasteiger partial charge in [0.2, 0.25) is 0 Å². The number of aliphatic hydroxyl groups excluding tert-OH is 2. The van der Waals surface area contributed by atoms with Crippen LogP contribution in [0.5, 0.6) is 0 Å². The molecule has 0 spiro atoms. The monoisotopic (exact) mass is 272 g/mol. The van der Waals surface area contributed by atoms with Gasteiger partial charge in [0.15, 0.2) is 5.82 Å². The minimum atomic E-state index is -0.691. The number of aliphatic hydroxyl groups is 2. The molecular weight excluding hydrogens is 260 g/mol. The summed E-state index contributed by atoms with van der Waals surface area (Å²) in [4.78, 5) is 4.24. The van der Waals surface area contributed by atoms with E-state index in [9.17, 15) is 0 Å². The Hall–Kier alpha value is -0.890. The van der Waals surface area contributed by atoms with Crippen LogP contribution in [0.2, 0.25) is 0 Å². The number of rotatable bonds is 6. The van der Waals surface area contributed by atoms with Crippen molar-refractivity contribution in [2.45, 2.75) is 11.9 Å². The van der Waals surface area contributed by atoms with Gasteiger partial charge in [0.1, 0.15) is 0 Å². The highest BCUT2D eigenvalue weighted by Crippen LogP contribution is 2.21. The third-order valence-electron chi connectivity index (χ3n) is 1.99. The fraction of sp³-hybridized carbons (Fsp3) is 0.400. The van der Waals surface area contributed by atoms with Gasteiger partial charge >= 0.3 is 0 Å². The maximum Gasteiger partial charge on any atom is 0.258 e. The van der Waals surface area contributed by atoms with Crippen LogP contribution in [-0.2, 0) is 5.75 Å². The lowest BCUT2D eigenvalue weighted by molar-refractivity contribution is 0.113. The first kappa shape index (κ1) is 12.6. The van der Waals surface area contributed by atoms with Crippen molar-refractivity contribution in [3.05, 3.63) is 22.7 Å². The Morgan fingerprint density at radius 2 is 2.41 bits per heavy atom. The Labute approximate surface area is 106 Å². The Morgan fingerprint density at radius 1 is 1.53 bits per heavy atom. The SMILES string of the molecule is OCC(O)CSCc1noc(-c2ccsc2)n1. The van der Waals surface area contributed by atoms with Gasteiger partial charge in [-0.25, -0.2) is 0 Å². The Balaban J connectivity index is 1.87. The fourth-order valence-electron chi connectivity index (χ4n) is 1.15. The van der Waals surface area contributed by atoms with Gasteiger partial charge in [-0.3, -0.25) is 0 Å². The summed E-state index contributed by atoms with van der Waals surface area (Å²) in [7, 11) is 0. The molecule has 0 aromatic carbocycles. The first-order valence-electron chi connectivity index (χ1n) is 5.01. The van der Waals surface area contributed by atoms with E-state index in [1.165, 1.54) is 11.8 Å². The summed E-state index contributed by atoms with van der Waals surface area (Å²) in [6.07, 6.45) is -0.691. The molecule has 0 amide bonds. The van der Waals surface area contributed by atoms with Crippen LogP contribution in [0.4, 0.5) is 0 Å². The molecule has 92 valence electrons. The lowest BCUT2D eigenvalue weighted by atomic mass is 10.3. The van der Waals surface area contributed by atoms with Crippen molar-refractivity contribution in [3.8, 4) is 11.5 Å². The van der Waals surface area contributed by atoms with Crippen molar-refractivity contribution in [3.63, 3.8) is 0 Å². The molecule has 2 aromatic heterocycles. The van der Waals surface area contributed by atoms with Gasteiger partial charge in [0.05, 0.1) is 24.0 Å². The summed E-state index contributed by atoms with van der Waals surface area (Å²) in [5.41, 5.74) is 0.925. The van der Waals surface area contributed by atoms with Crippen LogP contribution in [0, 0.1) is 0 Å². The van der Waals surface area contributed by atoms with Crippen LogP contribution in [0.3, 0.4) is 0 Å². The lowest BCUT2D eigenvalue weighted by Crippen LogP contribution is -2.14. The van der Waals surface area contributed by atoms with Crippen LogP contribution in [-0.4, -0.2) is 38.8 Å². The van der Waals surface area contributed by atoms with Gasteiger partial charge in [-0.15, -0.1) is 0 Å². The summed E-state index contributed by atoms with van der Waals surface area (Å²) in [5, 5.41) is 25.5. The standard InChI is InChI=1S/C10H12N2O3S2/c13-3-8(14)5-17-6-9-11-10(15-12-9)7-1-2-16-4-7/h1-2,4,8,13-14H,3,5-6H2. The predicted molar refractivity (Wildman–Crippen MR) is 66.9 cm³/mol. The number of hydrogen-bond acceptors (Lipinski definition) is 7. The summed E-state index contributed by atoms with van der Waals surface area (Å²) in [6.45, 7) is -0.223. The molecule has 5 nitrogen and oxygen atoms in total. The minimum Gasteiger partial charge on any atom is -0.394 e. The van der Waals surface area contributed by atoms with Gasteiger partial charge in [0.25, 0.3) is 5.89 Å². The van der Waals surface area contributed by atoms with Crippen LogP contribution >= 0.6 is 23.1 Å². The minimum absolute atomic E-state index is 0.223. The smallest absolute Gasteiger partial charge is 0.258 e. The Bertz CT molecular complexity index is 444. The van der Waals surface area contributed by atoms with Gasteiger partial charge in [-0.2, -0.15) is 28.1 Å². The maximum atomic E-state index is 9.16. The average Bonchev–Trinajstić information content (AvgIpc) is 2.98. The maximum absolute atomic E-state index is 9.16. The van der Waals surface area contributed by atoms with Crippen LogP contribution in [0.15, 0.2) is 21.3 Å². The molecule has 1 atom stereocenters. The second-order valence-electron chi connectivity index (χ2n) is 3.38. The molecule has 1 unspecified atom stereocenters. The van der Waals surface area contributed by atoms with Crippen molar-refractivity contribution >= 4 is 23.1 Å². The van der Waals surface area contributed by atoms with Gasteiger partial charge < -0.3 is 14.7 Å². The van der Waals surface area contributed by atoms with Gasteiger partial charge in [-0.05, 0) is 11.4 Å².